The molecule has 0 aliphatic carbocycles. The van der Waals surface area contributed by atoms with E-state index in [0.29, 0.717) is 16.7 Å². The molecule has 0 N–H and O–H groups in total. The molecule has 0 amide bonds. The average molecular weight is 260 g/mol. The number of carbonyl (C=O) groups excluding carboxylic acids is 2. The molecule has 0 saturated carbocycles. The summed E-state index contributed by atoms with van der Waals surface area (Å²) in [6.07, 6.45) is 1.58. The molecule has 0 aliphatic heterocycles. The quantitative estimate of drug-likeness (QED) is 0.663. The maximum atomic E-state index is 11.2. The highest BCUT2D eigenvalue weighted by Gasteiger charge is 2.10. The summed E-state index contributed by atoms with van der Waals surface area (Å²) in [5.74, 6) is 0. The van der Waals surface area contributed by atoms with Crippen molar-refractivity contribution in [2.24, 2.45) is 0 Å². The Morgan fingerprint density at radius 3 is 1.95 bits per heavy atom. The second kappa shape index (κ2) is 5.10. The van der Waals surface area contributed by atoms with E-state index >= 15 is 0 Å². The summed E-state index contributed by atoms with van der Waals surface area (Å²) in [5, 5.41) is 2.22. The van der Waals surface area contributed by atoms with Gasteiger partial charge >= 0.3 is 0 Å². The first kappa shape index (κ1) is 12.3. The zero-order valence-electron chi connectivity index (χ0n) is 10.7. The van der Waals surface area contributed by atoms with Crippen LogP contribution in [-0.4, -0.2) is 12.6 Å². The van der Waals surface area contributed by atoms with Gasteiger partial charge in [-0.15, -0.1) is 0 Å². The highest BCUT2D eigenvalue weighted by atomic mass is 16.1. The van der Waals surface area contributed by atoms with Gasteiger partial charge in [0.15, 0.2) is 12.6 Å². The van der Waals surface area contributed by atoms with Gasteiger partial charge in [-0.2, -0.15) is 0 Å². The van der Waals surface area contributed by atoms with Crippen molar-refractivity contribution in [1.82, 2.24) is 0 Å². The number of hydrogen-bond donors (Lipinski definition) is 0. The molecule has 2 nitrogen and oxygen atoms in total. The number of benzene rings is 3. The minimum Gasteiger partial charge on any atom is -0.298 e. The Hall–Kier alpha value is -2.74. The van der Waals surface area contributed by atoms with Gasteiger partial charge in [-0.1, -0.05) is 54.6 Å². The van der Waals surface area contributed by atoms with Crippen molar-refractivity contribution in [2.45, 2.75) is 0 Å². The lowest BCUT2D eigenvalue weighted by Crippen LogP contribution is -1.94. The maximum absolute atomic E-state index is 11.2. The number of aldehydes is 2. The molecule has 3 aromatic rings. The smallest absolute Gasteiger partial charge is 0.150 e. The first-order chi connectivity index (χ1) is 9.83. The third-order valence-corrected chi connectivity index (χ3v) is 3.42. The number of hydrogen-bond acceptors (Lipinski definition) is 2. The minimum atomic E-state index is 0.532. The van der Waals surface area contributed by atoms with E-state index in [2.05, 4.69) is 0 Å². The molecule has 0 saturated heterocycles. The molecule has 0 radical (unpaired) electrons. The standard InChI is InChI=1S/C18H12O2/c19-11-16-6-3-7-17(12-20)18(16)15-9-8-13-4-1-2-5-14(13)10-15/h1-12H. The molecule has 3 rings (SSSR count). The average Bonchev–Trinajstić information content (AvgIpc) is 2.53. The van der Waals surface area contributed by atoms with Crippen LogP contribution in [0.4, 0.5) is 0 Å². The molecule has 2 heteroatoms. The van der Waals surface area contributed by atoms with Crippen LogP contribution in [0.15, 0.2) is 60.7 Å². The van der Waals surface area contributed by atoms with Crippen molar-refractivity contribution >= 4 is 23.3 Å². The summed E-state index contributed by atoms with van der Waals surface area (Å²) in [6.45, 7) is 0. The zero-order valence-corrected chi connectivity index (χ0v) is 10.7. The van der Waals surface area contributed by atoms with E-state index < -0.39 is 0 Å². The molecule has 20 heavy (non-hydrogen) atoms. The Kier molecular flexibility index (Phi) is 3.13. The Bertz CT molecular complexity index is 777. The van der Waals surface area contributed by atoms with Crippen molar-refractivity contribution in [1.29, 1.82) is 0 Å². The number of rotatable bonds is 3. The highest BCUT2D eigenvalue weighted by Crippen LogP contribution is 2.29. The molecule has 0 aromatic heterocycles. The lowest BCUT2D eigenvalue weighted by Gasteiger charge is -2.09. The van der Waals surface area contributed by atoms with Crippen LogP contribution < -0.4 is 0 Å². The third-order valence-electron chi connectivity index (χ3n) is 3.42. The van der Waals surface area contributed by atoms with E-state index in [1.54, 1.807) is 18.2 Å². The fraction of sp³-hybridized carbons (Fsp3) is 0. The Labute approximate surface area is 116 Å². The topological polar surface area (TPSA) is 34.1 Å². The first-order valence-electron chi connectivity index (χ1n) is 6.36. The summed E-state index contributed by atoms with van der Waals surface area (Å²) in [7, 11) is 0. The lowest BCUT2D eigenvalue weighted by molar-refractivity contribution is 0.112. The van der Waals surface area contributed by atoms with Gasteiger partial charge in [-0.25, -0.2) is 0 Å². The Morgan fingerprint density at radius 1 is 0.650 bits per heavy atom. The number of carbonyl (C=O) groups is 2. The van der Waals surface area contributed by atoms with Gasteiger partial charge in [0.05, 0.1) is 0 Å². The van der Waals surface area contributed by atoms with Gasteiger partial charge < -0.3 is 0 Å². The van der Waals surface area contributed by atoms with E-state index in [1.165, 1.54) is 0 Å². The molecular formula is C18H12O2. The van der Waals surface area contributed by atoms with Crippen molar-refractivity contribution in [3.63, 3.8) is 0 Å². The van der Waals surface area contributed by atoms with Crippen LogP contribution in [0.1, 0.15) is 20.7 Å². The van der Waals surface area contributed by atoms with Gasteiger partial charge in [0.2, 0.25) is 0 Å². The predicted molar refractivity (Wildman–Crippen MR) is 80.2 cm³/mol. The summed E-state index contributed by atoms with van der Waals surface area (Å²) in [4.78, 5) is 22.4. The van der Waals surface area contributed by atoms with Crippen LogP contribution in [0.25, 0.3) is 21.9 Å². The van der Waals surface area contributed by atoms with Crippen LogP contribution in [-0.2, 0) is 0 Å². The minimum absolute atomic E-state index is 0.532. The van der Waals surface area contributed by atoms with Gasteiger partial charge in [-0.05, 0) is 22.4 Å². The van der Waals surface area contributed by atoms with Crippen molar-refractivity contribution < 1.29 is 9.59 Å². The summed E-state index contributed by atoms with van der Waals surface area (Å²) in [5.41, 5.74) is 2.64. The molecule has 0 spiro atoms. The third kappa shape index (κ3) is 2.01. The number of fused-ring (bicyclic) bond motifs is 1. The second-order valence-corrected chi connectivity index (χ2v) is 4.61. The molecule has 0 aliphatic rings. The summed E-state index contributed by atoms with van der Waals surface area (Å²) < 4.78 is 0. The predicted octanol–water partition coefficient (Wildman–Crippen LogP) is 4.13. The Balaban J connectivity index is 2.29. The molecule has 0 atom stereocenters. The molecule has 0 unspecified atom stereocenters. The Morgan fingerprint density at radius 2 is 1.30 bits per heavy atom. The first-order valence-corrected chi connectivity index (χ1v) is 6.36. The fourth-order valence-corrected chi connectivity index (χ4v) is 2.46. The fourth-order valence-electron chi connectivity index (χ4n) is 2.46. The molecule has 0 heterocycles. The summed E-state index contributed by atoms with van der Waals surface area (Å²) in [6, 6.07) is 19.1. The lowest BCUT2D eigenvalue weighted by atomic mass is 9.94. The van der Waals surface area contributed by atoms with Gasteiger partial charge in [0.25, 0.3) is 0 Å². The van der Waals surface area contributed by atoms with Crippen molar-refractivity contribution in [2.75, 3.05) is 0 Å². The zero-order chi connectivity index (χ0) is 13.9. The van der Waals surface area contributed by atoms with Crippen LogP contribution in [0.5, 0.6) is 0 Å². The van der Waals surface area contributed by atoms with Crippen LogP contribution in [0.2, 0.25) is 0 Å². The van der Waals surface area contributed by atoms with Crippen LogP contribution in [0, 0.1) is 0 Å². The van der Waals surface area contributed by atoms with E-state index in [-0.39, 0.29) is 0 Å². The normalized spacial score (nSPS) is 10.4. The largest absolute Gasteiger partial charge is 0.298 e. The van der Waals surface area contributed by atoms with Crippen LogP contribution in [0.3, 0.4) is 0 Å². The van der Waals surface area contributed by atoms with Gasteiger partial charge in [0, 0.05) is 16.7 Å². The van der Waals surface area contributed by atoms with E-state index in [0.717, 1.165) is 28.9 Å². The van der Waals surface area contributed by atoms with Gasteiger partial charge in [0.1, 0.15) is 0 Å². The van der Waals surface area contributed by atoms with Crippen molar-refractivity contribution in [3.8, 4) is 11.1 Å². The van der Waals surface area contributed by atoms with Gasteiger partial charge in [-0.3, -0.25) is 9.59 Å². The van der Waals surface area contributed by atoms with Crippen LogP contribution >= 0.6 is 0 Å². The molecule has 0 bridgehead atoms. The summed E-state index contributed by atoms with van der Waals surface area (Å²) >= 11 is 0. The van der Waals surface area contributed by atoms with E-state index in [1.807, 2.05) is 42.5 Å². The monoisotopic (exact) mass is 260 g/mol. The molecule has 3 aromatic carbocycles. The van der Waals surface area contributed by atoms with E-state index in [9.17, 15) is 9.59 Å². The molecule has 96 valence electrons. The van der Waals surface area contributed by atoms with E-state index in [4.69, 9.17) is 0 Å². The highest BCUT2D eigenvalue weighted by molar-refractivity contribution is 5.99. The van der Waals surface area contributed by atoms with Crippen molar-refractivity contribution in [3.05, 3.63) is 71.8 Å². The SMILES string of the molecule is O=Cc1cccc(C=O)c1-c1ccc2ccccc2c1. The maximum Gasteiger partial charge on any atom is 0.150 e. The molecular weight excluding hydrogens is 248 g/mol. The second-order valence-electron chi connectivity index (χ2n) is 4.61. The molecule has 0 fully saturated rings.